The Morgan fingerprint density at radius 1 is 0.967 bits per heavy atom. The molecule has 0 aliphatic heterocycles. The summed E-state index contributed by atoms with van der Waals surface area (Å²) < 4.78 is 22.3. The van der Waals surface area contributed by atoms with Gasteiger partial charge in [0, 0.05) is 6.08 Å². The fourth-order valence-corrected chi connectivity index (χ4v) is 5.07. The normalized spacial score (nSPS) is 13.0. The Labute approximate surface area is 183 Å². The Kier molecular flexibility index (Phi) is 11.0. The Bertz CT molecular complexity index is 647. The zero-order valence-electron chi connectivity index (χ0n) is 19.3. The number of esters is 1. The van der Waals surface area contributed by atoms with E-state index in [1.165, 1.54) is 10.4 Å². The molecular formula is C22H38O6Si2. The Hall–Kier alpha value is -1.46. The molecule has 30 heavy (non-hydrogen) atoms. The average Bonchev–Trinajstić information content (AvgIpc) is 2.65. The van der Waals surface area contributed by atoms with Gasteiger partial charge in [0.2, 0.25) is 0 Å². The SMILES string of the molecule is C=CC(=O)OCCOCC(COCCO)Oc1cc([Si](C)(C)C)cc([Si](C)(C)C)c1. The summed E-state index contributed by atoms with van der Waals surface area (Å²) in [6, 6.07) is 6.63. The highest BCUT2D eigenvalue weighted by Gasteiger charge is 2.24. The number of carbonyl (C=O) groups excluding carboxylic acids is 1. The maximum Gasteiger partial charge on any atom is 0.330 e. The summed E-state index contributed by atoms with van der Waals surface area (Å²) >= 11 is 0. The summed E-state index contributed by atoms with van der Waals surface area (Å²) in [6.07, 6.45) is 0.786. The van der Waals surface area contributed by atoms with Crippen LogP contribution in [0.15, 0.2) is 30.9 Å². The van der Waals surface area contributed by atoms with Gasteiger partial charge in [0.25, 0.3) is 0 Å². The maximum atomic E-state index is 11.1. The van der Waals surface area contributed by atoms with Gasteiger partial charge in [-0.1, -0.05) is 62.3 Å². The van der Waals surface area contributed by atoms with Crippen molar-refractivity contribution in [3.8, 4) is 5.75 Å². The van der Waals surface area contributed by atoms with Crippen molar-refractivity contribution in [2.45, 2.75) is 45.4 Å². The first-order valence-corrected chi connectivity index (χ1v) is 17.4. The summed E-state index contributed by atoms with van der Waals surface area (Å²) in [5, 5.41) is 11.7. The van der Waals surface area contributed by atoms with Gasteiger partial charge in [0.1, 0.15) is 18.5 Å². The van der Waals surface area contributed by atoms with E-state index < -0.39 is 22.1 Å². The fraction of sp³-hybridized carbons (Fsp3) is 0.591. The molecule has 0 radical (unpaired) electrons. The number of rotatable bonds is 14. The predicted molar refractivity (Wildman–Crippen MR) is 127 cm³/mol. The molecule has 0 saturated heterocycles. The zero-order valence-corrected chi connectivity index (χ0v) is 21.3. The van der Waals surface area contributed by atoms with Gasteiger partial charge in [-0.25, -0.2) is 4.79 Å². The lowest BCUT2D eigenvalue weighted by Gasteiger charge is -2.26. The van der Waals surface area contributed by atoms with Crippen LogP contribution in [0.4, 0.5) is 0 Å². The van der Waals surface area contributed by atoms with Gasteiger partial charge in [0.15, 0.2) is 0 Å². The molecule has 6 nitrogen and oxygen atoms in total. The second-order valence-electron chi connectivity index (χ2n) is 9.23. The van der Waals surface area contributed by atoms with Crippen molar-refractivity contribution in [2.75, 3.05) is 39.6 Å². The van der Waals surface area contributed by atoms with E-state index in [1.807, 2.05) is 0 Å². The number of aliphatic hydroxyl groups excluding tert-OH is 1. The number of benzene rings is 1. The second kappa shape index (κ2) is 12.4. The minimum atomic E-state index is -1.52. The van der Waals surface area contributed by atoms with Crippen LogP contribution in [-0.2, 0) is 19.0 Å². The first-order chi connectivity index (χ1) is 14.0. The molecule has 8 heteroatoms. The van der Waals surface area contributed by atoms with E-state index in [9.17, 15) is 4.79 Å². The van der Waals surface area contributed by atoms with Crippen molar-refractivity contribution in [3.63, 3.8) is 0 Å². The van der Waals surface area contributed by atoms with Crippen LogP contribution >= 0.6 is 0 Å². The Morgan fingerprint density at radius 2 is 1.50 bits per heavy atom. The van der Waals surface area contributed by atoms with E-state index in [0.717, 1.165) is 11.8 Å². The molecule has 0 bridgehead atoms. The van der Waals surface area contributed by atoms with Gasteiger partial charge in [-0.2, -0.15) is 0 Å². The highest BCUT2D eigenvalue weighted by Crippen LogP contribution is 2.16. The Morgan fingerprint density at radius 3 is 1.97 bits per heavy atom. The first-order valence-electron chi connectivity index (χ1n) is 10.4. The van der Waals surface area contributed by atoms with Crippen molar-refractivity contribution >= 4 is 32.5 Å². The summed E-state index contributed by atoms with van der Waals surface area (Å²) in [5.74, 6) is 0.353. The standard InChI is InChI=1S/C22H38O6Si2/c1-8-22(24)27-12-11-26-17-19(16-25-10-9-23)28-18-13-20(29(2,3)4)15-21(14-18)30(5,6)7/h8,13-15,19,23H,1,9-12,16-17H2,2-7H3. The molecule has 1 N–H and O–H groups in total. The fourth-order valence-electron chi connectivity index (χ4n) is 2.60. The van der Waals surface area contributed by atoms with E-state index in [-0.39, 0.29) is 39.1 Å². The summed E-state index contributed by atoms with van der Waals surface area (Å²) in [5.41, 5.74) is 0. The van der Waals surface area contributed by atoms with E-state index >= 15 is 0 Å². The third kappa shape index (κ3) is 10.0. The lowest BCUT2D eigenvalue weighted by atomic mass is 10.3. The van der Waals surface area contributed by atoms with Gasteiger partial charge in [-0.3, -0.25) is 0 Å². The van der Waals surface area contributed by atoms with Crippen LogP contribution in [0.2, 0.25) is 39.3 Å². The molecule has 0 heterocycles. The summed E-state index contributed by atoms with van der Waals surface area (Å²) in [4.78, 5) is 11.1. The molecule has 1 rings (SSSR count). The van der Waals surface area contributed by atoms with Crippen molar-refractivity contribution < 1.29 is 28.8 Å². The van der Waals surface area contributed by atoms with Crippen LogP contribution < -0.4 is 15.1 Å². The molecule has 0 aliphatic carbocycles. The molecule has 0 spiro atoms. The molecule has 1 unspecified atom stereocenters. The topological polar surface area (TPSA) is 74.2 Å². The number of hydrogen-bond acceptors (Lipinski definition) is 6. The van der Waals surface area contributed by atoms with Crippen molar-refractivity contribution in [3.05, 3.63) is 30.9 Å². The van der Waals surface area contributed by atoms with Crippen molar-refractivity contribution in [1.82, 2.24) is 0 Å². The van der Waals surface area contributed by atoms with Crippen LogP contribution in [0.1, 0.15) is 0 Å². The monoisotopic (exact) mass is 454 g/mol. The summed E-state index contributed by atoms with van der Waals surface area (Å²) in [6.45, 7) is 18.5. The van der Waals surface area contributed by atoms with Gasteiger partial charge in [0.05, 0.1) is 49.2 Å². The third-order valence-electron chi connectivity index (χ3n) is 4.42. The molecule has 170 valence electrons. The molecule has 0 aliphatic rings. The highest BCUT2D eigenvalue weighted by molar-refractivity contribution is 6.91. The van der Waals surface area contributed by atoms with Crippen LogP contribution in [0.5, 0.6) is 5.75 Å². The minimum absolute atomic E-state index is 0.0457. The smallest absolute Gasteiger partial charge is 0.330 e. The number of ether oxygens (including phenoxy) is 4. The lowest BCUT2D eigenvalue weighted by molar-refractivity contribution is -0.139. The molecule has 0 fully saturated rings. The minimum Gasteiger partial charge on any atom is -0.486 e. The molecule has 1 aromatic rings. The van der Waals surface area contributed by atoms with E-state index in [0.29, 0.717) is 6.61 Å². The zero-order chi connectivity index (χ0) is 22.8. The van der Waals surface area contributed by atoms with Crippen LogP contribution in [0, 0.1) is 0 Å². The van der Waals surface area contributed by atoms with Gasteiger partial charge in [-0.15, -0.1) is 0 Å². The molecule has 0 aromatic heterocycles. The quantitative estimate of drug-likeness (QED) is 0.201. The third-order valence-corrected chi connectivity index (χ3v) is 8.46. The van der Waals surface area contributed by atoms with E-state index in [2.05, 4.69) is 64.1 Å². The number of carbonyl (C=O) groups is 1. The molecule has 0 saturated carbocycles. The largest absolute Gasteiger partial charge is 0.486 e. The average molecular weight is 455 g/mol. The van der Waals surface area contributed by atoms with Crippen molar-refractivity contribution in [1.29, 1.82) is 0 Å². The first kappa shape index (κ1) is 26.6. The van der Waals surface area contributed by atoms with Crippen LogP contribution in [-0.4, -0.2) is 73.0 Å². The second-order valence-corrected chi connectivity index (χ2v) is 19.4. The molecule has 1 atom stereocenters. The molecule has 0 amide bonds. The number of hydrogen-bond donors (Lipinski definition) is 1. The van der Waals surface area contributed by atoms with Gasteiger partial charge < -0.3 is 24.1 Å². The van der Waals surface area contributed by atoms with E-state index in [1.54, 1.807) is 0 Å². The molecule has 1 aromatic carbocycles. The molecular weight excluding hydrogens is 416 g/mol. The Balaban J connectivity index is 2.89. The predicted octanol–water partition coefficient (Wildman–Crippen LogP) is 2.28. The van der Waals surface area contributed by atoms with E-state index in [4.69, 9.17) is 24.1 Å². The van der Waals surface area contributed by atoms with Gasteiger partial charge >= 0.3 is 5.97 Å². The lowest BCUT2D eigenvalue weighted by Crippen LogP contribution is -2.45. The van der Waals surface area contributed by atoms with Gasteiger partial charge in [-0.05, 0) is 12.1 Å². The van der Waals surface area contributed by atoms with Crippen LogP contribution in [0.3, 0.4) is 0 Å². The van der Waals surface area contributed by atoms with Crippen molar-refractivity contribution in [2.24, 2.45) is 0 Å². The summed E-state index contributed by atoms with van der Waals surface area (Å²) in [7, 11) is -3.04. The van der Waals surface area contributed by atoms with Crippen LogP contribution in [0.25, 0.3) is 0 Å². The highest BCUT2D eigenvalue weighted by atomic mass is 28.3. The maximum absolute atomic E-state index is 11.1. The number of aliphatic hydroxyl groups is 1.